The Hall–Kier alpha value is -1.62. The summed E-state index contributed by atoms with van der Waals surface area (Å²) in [5.41, 5.74) is 8.46. The van der Waals surface area contributed by atoms with Gasteiger partial charge in [-0.2, -0.15) is 0 Å². The monoisotopic (exact) mass is 299 g/mol. The zero-order valence-electron chi connectivity index (χ0n) is 10.9. The zero-order chi connectivity index (χ0) is 13.7. The van der Waals surface area contributed by atoms with Gasteiger partial charge in [-0.15, -0.1) is 22.7 Å². The van der Waals surface area contributed by atoms with Gasteiger partial charge < -0.3 is 10.2 Å². The highest BCUT2D eigenvalue weighted by Gasteiger charge is 2.17. The first-order valence-corrected chi connectivity index (χ1v) is 8.13. The van der Waals surface area contributed by atoms with Gasteiger partial charge in [0.05, 0.1) is 6.04 Å². The molecular weight excluding hydrogens is 286 g/mol. The molecule has 4 rings (SSSR count). The lowest BCUT2D eigenvalue weighted by atomic mass is 10.1. The van der Waals surface area contributed by atoms with Crippen LogP contribution in [0, 0.1) is 6.92 Å². The molecule has 2 N–H and O–H groups in total. The quantitative estimate of drug-likeness (QED) is 0.561. The number of nitrogens with two attached hydrogens (primary N) is 1. The van der Waals surface area contributed by atoms with E-state index in [1.807, 2.05) is 6.07 Å². The predicted octanol–water partition coefficient (Wildman–Crippen LogP) is 5.07. The first-order valence-electron chi connectivity index (χ1n) is 6.44. The lowest BCUT2D eigenvalue weighted by molar-refractivity contribution is 0.526. The van der Waals surface area contributed by atoms with Crippen LogP contribution < -0.4 is 5.73 Å². The van der Waals surface area contributed by atoms with Gasteiger partial charge in [-0.1, -0.05) is 18.2 Å². The van der Waals surface area contributed by atoms with Crippen molar-refractivity contribution in [1.82, 2.24) is 0 Å². The van der Waals surface area contributed by atoms with Crippen LogP contribution in [0.4, 0.5) is 0 Å². The number of para-hydroxylation sites is 1. The number of rotatable bonds is 2. The number of aryl methyl sites for hydroxylation is 1. The van der Waals surface area contributed by atoms with Crippen molar-refractivity contribution < 1.29 is 4.42 Å². The lowest BCUT2D eigenvalue weighted by Gasteiger charge is -2.04. The fourth-order valence-electron chi connectivity index (χ4n) is 2.46. The van der Waals surface area contributed by atoms with Crippen LogP contribution in [-0.2, 0) is 0 Å². The fourth-order valence-corrected chi connectivity index (χ4v) is 4.59. The molecule has 4 aromatic rings. The van der Waals surface area contributed by atoms with E-state index in [0.29, 0.717) is 0 Å². The van der Waals surface area contributed by atoms with Crippen LogP contribution in [0.3, 0.4) is 0 Å². The fraction of sp³-hybridized carbons (Fsp3) is 0.125. The van der Waals surface area contributed by atoms with Crippen molar-refractivity contribution in [3.8, 4) is 0 Å². The molecule has 0 aliphatic carbocycles. The topological polar surface area (TPSA) is 39.2 Å². The molecule has 1 aromatic carbocycles. The molecule has 1 atom stereocenters. The molecule has 4 heteroatoms. The number of furan rings is 1. The molecule has 20 heavy (non-hydrogen) atoms. The molecular formula is C16H13NOS2. The van der Waals surface area contributed by atoms with Crippen LogP contribution in [0.2, 0.25) is 0 Å². The van der Waals surface area contributed by atoms with Crippen molar-refractivity contribution in [2.24, 2.45) is 5.73 Å². The van der Waals surface area contributed by atoms with Crippen LogP contribution in [-0.4, -0.2) is 0 Å². The molecule has 1 unspecified atom stereocenters. The maximum atomic E-state index is 6.37. The number of benzene rings is 1. The Bertz CT molecular complexity index is 871. The summed E-state index contributed by atoms with van der Waals surface area (Å²) in [7, 11) is 0. The number of hydrogen-bond acceptors (Lipinski definition) is 4. The summed E-state index contributed by atoms with van der Waals surface area (Å²) in [6, 6.07) is 12.4. The Morgan fingerprint density at radius 2 is 2.05 bits per heavy atom. The van der Waals surface area contributed by atoms with Gasteiger partial charge in [0.2, 0.25) is 0 Å². The summed E-state index contributed by atoms with van der Waals surface area (Å²) >= 11 is 3.50. The molecule has 0 amide bonds. The molecule has 100 valence electrons. The Labute approximate surface area is 124 Å². The van der Waals surface area contributed by atoms with Gasteiger partial charge >= 0.3 is 0 Å². The molecule has 0 fully saturated rings. The van der Waals surface area contributed by atoms with Gasteiger partial charge in [0.15, 0.2) is 0 Å². The van der Waals surface area contributed by atoms with Gasteiger partial charge in [0, 0.05) is 19.7 Å². The third kappa shape index (κ3) is 1.80. The Morgan fingerprint density at radius 3 is 2.85 bits per heavy atom. The molecule has 0 saturated heterocycles. The summed E-state index contributed by atoms with van der Waals surface area (Å²) in [6.45, 7) is 2.06. The Kier molecular flexibility index (Phi) is 2.70. The third-order valence-electron chi connectivity index (χ3n) is 3.53. The largest absolute Gasteiger partial charge is 0.459 e. The SMILES string of the molecule is Cc1cccc2cc(C(N)c3cc4sccc4s3)oc12. The highest BCUT2D eigenvalue weighted by atomic mass is 32.1. The molecule has 0 bridgehead atoms. The predicted molar refractivity (Wildman–Crippen MR) is 86.7 cm³/mol. The van der Waals surface area contributed by atoms with Crippen molar-refractivity contribution in [1.29, 1.82) is 0 Å². The summed E-state index contributed by atoms with van der Waals surface area (Å²) in [4.78, 5) is 1.16. The van der Waals surface area contributed by atoms with Crippen LogP contribution >= 0.6 is 22.7 Å². The number of fused-ring (bicyclic) bond motifs is 2. The van der Waals surface area contributed by atoms with E-state index in [4.69, 9.17) is 10.2 Å². The molecule has 3 aromatic heterocycles. The molecule has 0 radical (unpaired) electrons. The molecule has 3 heterocycles. The minimum Gasteiger partial charge on any atom is -0.459 e. The Balaban J connectivity index is 1.81. The van der Waals surface area contributed by atoms with Gasteiger partial charge in [-0.05, 0) is 36.1 Å². The van der Waals surface area contributed by atoms with Crippen LogP contribution in [0.15, 0.2) is 46.2 Å². The maximum Gasteiger partial charge on any atom is 0.137 e. The van der Waals surface area contributed by atoms with Crippen molar-refractivity contribution >= 4 is 43.0 Å². The van der Waals surface area contributed by atoms with Gasteiger partial charge in [0.25, 0.3) is 0 Å². The van der Waals surface area contributed by atoms with Crippen molar-refractivity contribution in [2.75, 3.05) is 0 Å². The zero-order valence-corrected chi connectivity index (χ0v) is 12.6. The van der Waals surface area contributed by atoms with E-state index in [1.54, 1.807) is 22.7 Å². The average molecular weight is 299 g/mol. The summed E-state index contributed by atoms with van der Waals surface area (Å²) < 4.78 is 8.57. The molecule has 2 nitrogen and oxygen atoms in total. The van der Waals surface area contributed by atoms with Crippen molar-refractivity contribution in [3.05, 3.63) is 58.0 Å². The lowest BCUT2D eigenvalue weighted by Crippen LogP contribution is -2.08. The highest BCUT2D eigenvalue weighted by molar-refractivity contribution is 7.27. The first kappa shape index (κ1) is 12.1. The van der Waals surface area contributed by atoms with Crippen LogP contribution in [0.25, 0.3) is 20.4 Å². The minimum atomic E-state index is -0.189. The van der Waals surface area contributed by atoms with E-state index in [1.165, 1.54) is 9.40 Å². The van der Waals surface area contributed by atoms with Crippen LogP contribution in [0.1, 0.15) is 22.2 Å². The van der Waals surface area contributed by atoms with E-state index in [0.717, 1.165) is 27.2 Å². The highest BCUT2D eigenvalue weighted by Crippen LogP contribution is 2.36. The normalized spacial score (nSPS) is 13.3. The third-order valence-corrected chi connectivity index (χ3v) is 5.71. The van der Waals surface area contributed by atoms with E-state index in [9.17, 15) is 0 Å². The van der Waals surface area contributed by atoms with Crippen LogP contribution in [0.5, 0.6) is 0 Å². The summed E-state index contributed by atoms with van der Waals surface area (Å²) in [6.07, 6.45) is 0. The number of hydrogen-bond donors (Lipinski definition) is 1. The van der Waals surface area contributed by atoms with E-state index < -0.39 is 0 Å². The van der Waals surface area contributed by atoms with Crippen molar-refractivity contribution in [3.63, 3.8) is 0 Å². The van der Waals surface area contributed by atoms with Crippen molar-refractivity contribution in [2.45, 2.75) is 13.0 Å². The molecule has 0 aliphatic heterocycles. The van der Waals surface area contributed by atoms with E-state index >= 15 is 0 Å². The Morgan fingerprint density at radius 1 is 1.15 bits per heavy atom. The first-order chi connectivity index (χ1) is 9.72. The maximum absolute atomic E-state index is 6.37. The standard InChI is InChI=1S/C16H13NOS2/c1-9-3-2-4-10-7-11(18-16(9)10)15(17)14-8-13-12(20-14)5-6-19-13/h2-8,15H,17H2,1H3. The second-order valence-electron chi connectivity index (χ2n) is 4.92. The summed E-state index contributed by atoms with van der Waals surface area (Å²) in [5.74, 6) is 0.836. The van der Waals surface area contributed by atoms with Gasteiger partial charge in [0.1, 0.15) is 11.3 Å². The molecule has 0 aliphatic rings. The average Bonchev–Trinajstić information content (AvgIpc) is 3.11. The number of thiophene rings is 2. The minimum absolute atomic E-state index is 0.189. The van der Waals surface area contributed by atoms with E-state index in [2.05, 4.69) is 42.6 Å². The second kappa shape index (κ2) is 4.45. The second-order valence-corrected chi connectivity index (χ2v) is 6.98. The van der Waals surface area contributed by atoms with Gasteiger partial charge in [-0.3, -0.25) is 0 Å². The smallest absolute Gasteiger partial charge is 0.137 e. The molecule has 0 saturated carbocycles. The van der Waals surface area contributed by atoms with E-state index in [-0.39, 0.29) is 6.04 Å². The van der Waals surface area contributed by atoms with Gasteiger partial charge in [-0.25, -0.2) is 0 Å². The molecule has 0 spiro atoms. The summed E-state index contributed by atoms with van der Waals surface area (Å²) in [5, 5.41) is 3.23.